The molecule has 0 bridgehead atoms. The van der Waals surface area contributed by atoms with E-state index in [-0.39, 0.29) is 5.57 Å². The van der Waals surface area contributed by atoms with Gasteiger partial charge in [0.1, 0.15) is 23.1 Å². The van der Waals surface area contributed by atoms with Crippen LogP contribution in [0.4, 0.5) is 0 Å². The molecule has 164 valence electrons. The Balaban J connectivity index is 1.89. The summed E-state index contributed by atoms with van der Waals surface area (Å²) in [6.07, 6.45) is 10.9. The van der Waals surface area contributed by atoms with Gasteiger partial charge in [0, 0.05) is 0 Å². The first kappa shape index (κ1) is 24.2. The first-order chi connectivity index (χ1) is 15.2. The molecule has 0 aliphatic heterocycles. The zero-order valence-corrected chi connectivity index (χ0v) is 18.7. The molecule has 4 nitrogen and oxygen atoms in total. The van der Waals surface area contributed by atoms with Crippen LogP contribution in [-0.4, -0.2) is 12.6 Å². The summed E-state index contributed by atoms with van der Waals surface area (Å²) in [5.41, 5.74) is 1.93. The van der Waals surface area contributed by atoms with E-state index in [0.717, 1.165) is 30.6 Å². The minimum Gasteiger partial charge on any atom is -0.494 e. The lowest BCUT2D eigenvalue weighted by Crippen LogP contribution is -2.10. The van der Waals surface area contributed by atoms with Crippen molar-refractivity contribution in [1.82, 2.24) is 0 Å². The normalized spacial score (nSPS) is 11.1. The molecule has 2 rings (SSSR count). The van der Waals surface area contributed by atoms with E-state index in [1.165, 1.54) is 43.7 Å². The van der Waals surface area contributed by atoms with Crippen LogP contribution in [0.5, 0.6) is 11.5 Å². The molecule has 0 fully saturated rings. The van der Waals surface area contributed by atoms with E-state index >= 15 is 0 Å². The quantitative estimate of drug-likeness (QED) is 0.117. The van der Waals surface area contributed by atoms with Crippen molar-refractivity contribution in [3.63, 3.8) is 0 Å². The third kappa shape index (κ3) is 9.09. The van der Waals surface area contributed by atoms with Gasteiger partial charge >= 0.3 is 5.97 Å². The molecule has 0 saturated carbocycles. The van der Waals surface area contributed by atoms with Crippen molar-refractivity contribution in [2.45, 2.75) is 65.2 Å². The fourth-order valence-electron chi connectivity index (χ4n) is 3.12. The average molecular weight is 420 g/mol. The predicted octanol–water partition coefficient (Wildman–Crippen LogP) is 6.89. The minimum absolute atomic E-state index is 0.0420. The standard InChI is InChI=1S/C27H33NO3/c1-3-5-7-8-9-10-22-11-17-26(18-12-22)31-27(29)24(21-28)20-23-13-15-25(16-14-23)30-19-6-4-2/h11-18,20H,3-10,19H2,1-2H3/b24-20+. The fourth-order valence-corrected chi connectivity index (χ4v) is 3.12. The van der Waals surface area contributed by atoms with Crippen LogP contribution < -0.4 is 9.47 Å². The lowest BCUT2D eigenvalue weighted by atomic mass is 10.1. The topological polar surface area (TPSA) is 59.3 Å². The molecule has 0 heterocycles. The van der Waals surface area contributed by atoms with Crippen LogP contribution in [0, 0.1) is 11.3 Å². The maximum Gasteiger partial charge on any atom is 0.354 e. The maximum absolute atomic E-state index is 12.4. The Morgan fingerprint density at radius 2 is 1.52 bits per heavy atom. The Morgan fingerprint density at radius 1 is 0.871 bits per heavy atom. The second-order valence-corrected chi connectivity index (χ2v) is 7.64. The molecular formula is C27H33NO3. The van der Waals surface area contributed by atoms with Crippen molar-refractivity contribution < 1.29 is 14.3 Å². The number of aryl methyl sites for hydroxylation is 1. The molecule has 0 aromatic heterocycles. The van der Waals surface area contributed by atoms with Gasteiger partial charge in [-0.3, -0.25) is 0 Å². The molecule has 31 heavy (non-hydrogen) atoms. The summed E-state index contributed by atoms with van der Waals surface area (Å²) in [7, 11) is 0. The highest BCUT2D eigenvalue weighted by Crippen LogP contribution is 2.18. The van der Waals surface area contributed by atoms with Crippen LogP contribution in [0.25, 0.3) is 6.08 Å². The largest absolute Gasteiger partial charge is 0.494 e. The Morgan fingerprint density at radius 3 is 2.16 bits per heavy atom. The van der Waals surface area contributed by atoms with Gasteiger partial charge in [-0.15, -0.1) is 0 Å². The van der Waals surface area contributed by atoms with Crippen molar-refractivity contribution >= 4 is 12.0 Å². The highest BCUT2D eigenvalue weighted by Gasteiger charge is 2.12. The van der Waals surface area contributed by atoms with E-state index in [2.05, 4.69) is 13.8 Å². The molecule has 4 heteroatoms. The van der Waals surface area contributed by atoms with E-state index in [1.54, 1.807) is 12.1 Å². The van der Waals surface area contributed by atoms with E-state index in [0.29, 0.717) is 12.4 Å². The number of rotatable bonds is 13. The maximum atomic E-state index is 12.4. The number of benzene rings is 2. The molecule has 2 aromatic rings. The number of ether oxygens (including phenoxy) is 2. The molecule has 0 spiro atoms. The summed E-state index contributed by atoms with van der Waals surface area (Å²) >= 11 is 0. The monoisotopic (exact) mass is 419 g/mol. The average Bonchev–Trinajstić information content (AvgIpc) is 2.79. The van der Waals surface area contributed by atoms with Crippen LogP contribution in [0.1, 0.15) is 69.9 Å². The summed E-state index contributed by atoms with van der Waals surface area (Å²) in [5.74, 6) is 0.566. The molecule has 0 aliphatic rings. The van der Waals surface area contributed by atoms with Gasteiger partial charge in [-0.2, -0.15) is 5.26 Å². The number of carbonyl (C=O) groups is 1. The SMILES string of the molecule is CCCCCCCc1ccc(OC(=O)/C(C#N)=C/c2ccc(OCCCC)cc2)cc1. The summed E-state index contributed by atoms with van der Waals surface area (Å²) in [4.78, 5) is 12.4. The van der Waals surface area contributed by atoms with Gasteiger partial charge in [0.25, 0.3) is 0 Å². The summed E-state index contributed by atoms with van der Waals surface area (Å²) < 4.78 is 11.0. The molecule has 2 aromatic carbocycles. The van der Waals surface area contributed by atoms with Gasteiger partial charge in [0.2, 0.25) is 0 Å². The molecule has 0 unspecified atom stereocenters. The van der Waals surface area contributed by atoms with Crippen LogP contribution in [0.15, 0.2) is 54.1 Å². The second kappa shape index (κ2) is 14.0. The number of carbonyl (C=O) groups excluding carboxylic acids is 1. The Kier molecular flexibility index (Phi) is 11.0. The van der Waals surface area contributed by atoms with Gasteiger partial charge < -0.3 is 9.47 Å². The Bertz CT molecular complexity index is 861. The molecule has 0 atom stereocenters. The zero-order valence-electron chi connectivity index (χ0n) is 18.7. The van der Waals surface area contributed by atoms with E-state index in [9.17, 15) is 10.1 Å². The van der Waals surface area contributed by atoms with Gasteiger partial charge in [-0.1, -0.05) is 70.2 Å². The van der Waals surface area contributed by atoms with Crippen molar-refractivity contribution in [3.05, 3.63) is 65.2 Å². The molecular weight excluding hydrogens is 386 g/mol. The molecule has 0 saturated heterocycles. The third-order valence-corrected chi connectivity index (χ3v) is 5.00. The Labute approximate surface area is 186 Å². The number of esters is 1. The fraction of sp³-hybridized carbons (Fsp3) is 0.407. The number of nitrogens with zero attached hydrogens (tertiary/aromatic N) is 1. The van der Waals surface area contributed by atoms with E-state index in [1.807, 2.05) is 42.5 Å². The van der Waals surface area contributed by atoms with Crippen LogP contribution in [0.3, 0.4) is 0 Å². The van der Waals surface area contributed by atoms with E-state index in [4.69, 9.17) is 9.47 Å². The zero-order chi connectivity index (χ0) is 22.3. The molecule has 0 aliphatic carbocycles. The third-order valence-electron chi connectivity index (χ3n) is 5.00. The number of unbranched alkanes of at least 4 members (excludes halogenated alkanes) is 5. The van der Waals surface area contributed by atoms with Crippen molar-refractivity contribution in [3.8, 4) is 17.6 Å². The van der Waals surface area contributed by atoms with Crippen LogP contribution in [0.2, 0.25) is 0 Å². The Hall–Kier alpha value is -3.06. The smallest absolute Gasteiger partial charge is 0.354 e. The number of nitriles is 1. The predicted molar refractivity (Wildman–Crippen MR) is 125 cm³/mol. The lowest BCUT2D eigenvalue weighted by Gasteiger charge is -2.06. The van der Waals surface area contributed by atoms with Crippen LogP contribution in [-0.2, 0) is 11.2 Å². The molecule has 0 N–H and O–H groups in total. The number of hydrogen-bond donors (Lipinski definition) is 0. The second-order valence-electron chi connectivity index (χ2n) is 7.64. The molecule has 0 radical (unpaired) electrons. The highest BCUT2D eigenvalue weighted by molar-refractivity contribution is 5.99. The summed E-state index contributed by atoms with van der Waals surface area (Å²) in [6, 6.07) is 16.8. The van der Waals surface area contributed by atoms with E-state index < -0.39 is 5.97 Å². The van der Waals surface area contributed by atoms with Crippen LogP contribution >= 0.6 is 0 Å². The lowest BCUT2D eigenvalue weighted by molar-refractivity contribution is -0.129. The van der Waals surface area contributed by atoms with Gasteiger partial charge in [-0.05, 0) is 60.7 Å². The van der Waals surface area contributed by atoms with Gasteiger partial charge in [-0.25, -0.2) is 4.79 Å². The van der Waals surface area contributed by atoms with Crippen molar-refractivity contribution in [2.75, 3.05) is 6.61 Å². The van der Waals surface area contributed by atoms with Gasteiger partial charge in [0.15, 0.2) is 0 Å². The first-order valence-electron chi connectivity index (χ1n) is 11.3. The first-order valence-corrected chi connectivity index (χ1v) is 11.3. The van der Waals surface area contributed by atoms with Crippen molar-refractivity contribution in [1.29, 1.82) is 5.26 Å². The highest BCUT2D eigenvalue weighted by atomic mass is 16.5. The molecule has 0 amide bonds. The minimum atomic E-state index is -0.655. The van der Waals surface area contributed by atoms with Crippen molar-refractivity contribution in [2.24, 2.45) is 0 Å². The van der Waals surface area contributed by atoms with Gasteiger partial charge in [0.05, 0.1) is 6.61 Å². The summed E-state index contributed by atoms with van der Waals surface area (Å²) in [5, 5.41) is 9.39. The number of hydrogen-bond acceptors (Lipinski definition) is 4. The summed E-state index contributed by atoms with van der Waals surface area (Å²) in [6.45, 7) is 5.01.